The van der Waals surface area contributed by atoms with Gasteiger partial charge in [-0.2, -0.15) is 10.1 Å². The van der Waals surface area contributed by atoms with Crippen molar-refractivity contribution >= 4 is 45.6 Å². The van der Waals surface area contributed by atoms with Crippen molar-refractivity contribution in [3.8, 4) is 11.3 Å². The van der Waals surface area contributed by atoms with Crippen molar-refractivity contribution in [3.05, 3.63) is 42.2 Å². The molecule has 6 nitrogen and oxygen atoms in total. The Morgan fingerprint density at radius 2 is 2.14 bits per heavy atom. The molecule has 0 spiro atoms. The van der Waals surface area contributed by atoms with Crippen LogP contribution >= 0.6 is 22.9 Å². The summed E-state index contributed by atoms with van der Waals surface area (Å²) in [5, 5.41) is 4.24. The Morgan fingerprint density at radius 1 is 1.24 bits per heavy atom. The maximum atomic E-state index is 5.52. The SMILES string of the molecule is Cc1cnn2ccc(-c3ccc4oc(NI)nc4c3)nc12. The number of aromatic nitrogens is 4. The van der Waals surface area contributed by atoms with Gasteiger partial charge in [0, 0.05) is 17.3 Å². The molecule has 0 bridgehead atoms. The van der Waals surface area contributed by atoms with E-state index >= 15 is 0 Å². The molecule has 0 atom stereocenters. The first-order valence-electron chi connectivity index (χ1n) is 6.33. The Morgan fingerprint density at radius 3 is 3.00 bits per heavy atom. The molecule has 1 aromatic carbocycles. The number of halogens is 1. The molecule has 0 saturated carbocycles. The lowest BCUT2D eigenvalue weighted by molar-refractivity contribution is 0.628. The number of aryl methyl sites for hydroxylation is 1. The minimum atomic E-state index is 0.498. The van der Waals surface area contributed by atoms with Crippen LogP contribution in [0.1, 0.15) is 5.56 Å². The summed E-state index contributed by atoms with van der Waals surface area (Å²) in [6, 6.07) is 8.30. The minimum Gasteiger partial charge on any atom is -0.423 e. The Labute approximate surface area is 133 Å². The van der Waals surface area contributed by atoms with E-state index in [0.29, 0.717) is 6.01 Å². The predicted octanol–water partition coefficient (Wildman–Crippen LogP) is 3.61. The lowest BCUT2D eigenvalue weighted by Gasteiger charge is -2.01. The maximum Gasteiger partial charge on any atom is 0.304 e. The van der Waals surface area contributed by atoms with Crippen LogP contribution in [-0.2, 0) is 0 Å². The smallest absolute Gasteiger partial charge is 0.304 e. The summed E-state index contributed by atoms with van der Waals surface area (Å²) in [5.41, 5.74) is 5.36. The molecule has 3 aromatic heterocycles. The topological polar surface area (TPSA) is 68.2 Å². The van der Waals surface area contributed by atoms with Crippen LogP contribution in [0.2, 0.25) is 0 Å². The Kier molecular flexibility index (Phi) is 2.81. The summed E-state index contributed by atoms with van der Waals surface area (Å²) in [7, 11) is 0. The highest BCUT2D eigenvalue weighted by molar-refractivity contribution is 14.1. The standard InChI is InChI=1S/C14H10IN5O/c1-8-7-16-20-5-4-10(17-13(8)20)9-2-3-12-11(6-9)18-14(19-15)21-12/h2-7H,1H3,(H,18,19). The highest BCUT2D eigenvalue weighted by atomic mass is 127. The number of hydrogen-bond donors (Lipinski definition) is 1. The third-order valence-electron chi connectivity index (χ3n) is 3.31. The third-order valence-corrected chi connectivity index (χ3v) is 3.77. The van der Waals surface area contributed by atoms with E-state index in [1.165, 1.54) is 0 Å². The van der Waals surface area contributed by atoms with Crippen LogP contribution in [0.15, 0.2) is 41.1 Å². The van der Waals surface area contributed by atoms with Gasteiger partial charge in [0.2, 0.25) is 0 Å². The van der Waals surface area contributed by atoms with Crippen molar-refractivity contribution in [2.45, 2.75) is 6.92 Å². The van der Waals surface area contributed by atoms with Crippen LogP contribution < -0.4 is 3.53 Å². The lowest BCUT2D eigenvalue weighted by Crippen LogP contribution is -1.92. The van der Waals surface area contributed by atoms with Gasteiger partial charge in [0.1, 0.15) is 5.52 Å². The van der Waals surface area contributed by atoms with E-state index in [0.717, 1.165) is 33.6 Å². The van der Waals surface area contributed by atoms with Crippen LogP contribution in [0, 0.1) is 6.92 Å². The molecular formula is C14H10IN5O. The zero-order chi connectivity index (χ0) is 14.4. The quantitative estimate of drug-likeness (QED) is 0.418. The normalized spacial score (nSPS) is 11.3. The number of anilines is 1. The molecule has 0 aliphatic carbocycles. The fraction of sp³-hybridized carbons (Fsp3) is 0.0714. The van der Waals surface area contributed by atoms with Crippen LogP contribution in [0.25, 0.3) is 28.0 Å². The summed E-state index contributed by atoms with van der Waals surface area (Å²) in [6.45, 7) is 2.00. The van der Waals surface area contributed by atoms with Crippen LogP contribution in [0.3, 0.4) is 0 Å². The fourth-order valence-electron chi connectivity index (χ4n) is 2.27. The van der Waals surface area contributed by atoms with Crippen LogP contribution in [-0.4, -0.2) is 19.6 Å². The van der Waals surface area contributed by atoms with Gasteiger partial charge in [-0.15, -0.1) is 0 Å². The minimum absolute atomic E-state index is 0.498. The second-order valence-electron chi connectivity index (χ2n) is 4.70. The van der Waals surface area contributed by atoms with E-state index < -0.39 is 0 Å². The number of fused-ring (bicyclic) bond motifs is 2. The highest BCUT2D eigenvalue weighted by Crippen LogP contribution is 2.26. The van der Waals surface area contributed by atoms with Crippen molar-refractivity contribution < 1.29 is 4.42 Å². The van der Waals surface area contributed by atoms with Crippen molar-refractivity contribution in [2.24, 2.45) is 0 Å². The molecule has 1 N–H and O–H groups in total. The van der Waals surface area contributed by atoms with Crippen molar-refractivity contribution in [1.82, 2.24) is 19.6 Å². The van der Waals surface area contributed by atoms with Gasteiger partial charge in [0.15, 0.2) is 11.2 Å². The number of nitrogens with one attached hydrogen (secondary N) is 1. The second kappa shape index (κ2) is 4.69. The lowest BCUT2D eigenvalue weighted by atomic mass is 10.1. The van der Waals surface area contributed by atoms with Gasteiger partial charge >= 0.3 is 6.01 Å². The molecule has 0 radical (unpaired) electrons. The molecule has 0 amide bonds. The second-order valence-corrected chi connectivity index (χ2v) is 5.24. The van der Waals surface area contributed by atoms with Crippen molar-refractivity contribution in [3.63, 3.8) is 0 Å². The Balaban J connectivity index is 1.88. The number of oxazole rings is 1. The summed E-state index contributed by atoms with van der Waals surface area (Å²) >= 11 is 1.99. The zero-order valence-corrected chi connectivity index (χ0v) is 13.2. The number of benzene rings is 1. The first kappa shape index (κ1) is 12.6. The maximum absolute atomic E-state index is 5.52. The van der Waals surface area contributed by atoms with Crippen LogP contribution in [0.5, 0.6) is 0 Å². The van der Waals surface area contributed by atoms with Gasteiger partial charge in [-0.05, 0) is 31.2 Å². The molecular weight excluding hydrogens is 381 g/mol. The molecule has 4 rings (SSSR count). The average Bonchev–Trinajstić information content (AvgIpc) is 3.09. The van der Waals surface area contributed by atoms with Gasteiger partial charge in [0.25, 0.3) is 0 Å². The van der Waals surface area contributed by atoms with Gasteiger partial charge in [0.05, 0.1) is 34.8 Å². The van der Waals surface area contributed by atoms with Crippen LogP contribution in [0.4, 0.5) is 6.01 Å². The van der Waals surface area contributed by atoms with E-state index in [2.05, 4.69) is 18.6 Å². The number of hydrogen-bond acceptors (Lipinski definition) is 5. The fourth-order valence-corrected chi connectivity index (χ4v) is 2.50. The summed E-state index contributed by atoms with van der Waals surface area (Å²) in [4.78, 5) is 9.02. The van der Waals surface area contributed by atoms with Gasteiger partial charge < -0.3 is 4.42 Å². The molecule has 0 fully saturated rings. The molecule has 4 aromatic rings. The molecule has 3 heterocycles. The first-order valence-corrected chi connectivity index (χ1v) is 7.41. The van der Waals surface area contributed by atoms with Gasteiger partial charge in [-0.1, -0.05) is 0 Å². The predicted molar refractivity (Wildman–Crippen MR) is 88.4 cm³/mol. The first-order chi connectivity index (χ1) is 10.2. The largest absolute Gasteiger partial charge is 0.423 e. The third kappa shape index (κ3) is 2.04. The molecule has 104 valence electrons. The highest BCUT2D eigenvalue weighted by Gasteiger charge is 2.09. The summed E-state index contributed by atoms with van der Waals surface area (Å²) in [5.74, 6) is 0. The van der Waals surface area contributed by atoms with Gasteiger partial charge in [-0.25, -0.2) is 9.50 Å². The number of nitrogens with zero attached hydrogens (tertiary/aromatic N) is 4. The van der Waals surface area contributed by atoms with Crippen molar-refractivity contribution in [1.29, 1.82) is 0 Å². The molecule has 7 heteroatoms. The zero-order valence-electron chi connectivity index (χ0n) is 11.0. The van der Waals surface area contributed by atoms with Crippen molar-refractivity contribution in [2.75, 3.05) is 3.53 Å². The average molecular weight is 391 g/mol. The monoisotopic (exact) mass is 391 g/mol. The number of rotatable bonds is 2. The summed E-state index contributed by atoms with van der Waals surface area (Å²) in [6.07, 6.45) is 3.72. The molecule has 0 saturated heterocycles. The summed E-state index contributed by atoms with van der Waals surface area (Å²) < 4.78 is 10.2. The van der Waals surface area contributed by atoms with E-state index in [4.69, 9.17) is 4.42 Å². The molecule has 0 aliphatic heterocycles. The molecule has 0 aliphatic rings. The van der Waals surface area contributed by atoms with E-state index in [1.54, 1.807) is 4.52 Å². The van der Waals surface area contributed by atoms with E-state index in [9.17, 15) is 0 Å². The molecule has 0 unspecified atom stereocenters. The van der Waals surface area contributed by atoms with Gasteiger partial charge in [-0.3, -0.25) is 3.53 Å². The Bertz CT molecular complexity index is 958. The van der Waals surface area contributed by atoms with E-state index in [-0.39, 0.29) is 0 Å². The van der Waals surface area contributed by atoms with E-state index in [1.807, 2.05) is 66.4 Å². The molecule has 21 heavy (non-hydrogen) atoms. The Hall–Kier alpha value is -2.16.